The normalized spacial score (nSPS) is 14.3. The Morgan fingerprint density at radius 1 is 0.897 bits per heavy atom. The maximum absolute atomic E-state index is 6.17. The van der Waals surface area contributed by atoms with Crippen LogP contribution in [0.5, 0.6) is 0 Å². The van der Waals surface area contributed by atoms with Gasteiger partial charge in [-0.1, -0.05) is 35.9 Å². The van der Waals surface area contributed by atoms with Crippen molar-refractivity contribution in [1.82, 2.24) is 19.7 Å². The van der Waals surface area contributed by atoms with E-state index in [9.17, 15) is 0 Å². The van der Waals surface area contributed by atoms with Gasteiger partial charge in [0.2, 0.25) is 5.95 Å². The van der Waals surface area contributed by atoms with Crippen LogP contribution < -0.4 is 10.2 Å². The molecule has 0 aliphatic carbocycles. The van der Waals surface area contributed by atoms with Crippen LogP contribution in [0.1, 0.15) is 19.3 Å². The molecule has 0 amide bonds. The maximum atomic E-state index is 6.17. The van der Waals surface area contributed by atoms with Gasteiger partial charge in [0, 0.05) is 23.8 Å². The fourth-order valence-corrected chi connectivity index (χ4v) is 3.88. The van der Waals surface area contributed by atoms with Gasteiger partial charge in [-0.05, 0) is 49.6 Å². The van der Waals surface area contributed by atoms with E-state index in [0.29, 0.717) is 5.02 Å². The first kappa shape index (κ1) is 17.9. The fraction of sp³-hybridized carbons (Fsp3) is 0.227. The molecule has 0 spiro atoms. The first-order valence-electron chi connectivity index (χ1n) is 9.87. The van der Waals surface area contributed by atoms with Crippen molar-refractivity contribution in [3.63, 3.8) is 0 Å². The van der Waals surface area contributed by atoms with Crippen molar-refractivity contribution < 1.29 is 0 Å². The second-order valence-corrected chi connectivity index (χ2v) is 7.62. The number of benzene rings is 2. The first-order valence-corrected chi connectivity index (χ1v) is 10.2. The molecule has 1 N–H and O–H groups in total. The lowest BCUT2D eigenvalue weighted by Crippen LogP contribution is -2.31. The lowest BCUT2D eigenvalue weighted by Gasteiger charge is -2.27. The molecule has 1 aliphatic rings. The van der Waals surface area contributed by atoms with Crippen molar-refractivity contribution in [2.24, 2.45) is 0 Å². The van der Waals surface area contributed by atoms with Gasteiger partial charge in [0.1, 0.15) is 5.82 Å². The molecule has 1 aliphatic heterocycles. The third-order valence-corrected chi connectivity index (χ3v) is 5.38. The van der Waals surface area contributed by atoms with E-state index < -0.39 is 0 Å². The highest BCUT2D eigenvalue weighted by Gasteiger charge is 2.19. The summed E-state index contributed by atoms with van der Waals surface area (Å²) < 4.78 is 1.87. The molecule has 0 atom stereocenters. The molecule has 2 aromatic heterocycles. The van der Waals surface area contributed by atoms with Gasteiger partial charge in [-0.25, -0.2) is 4.68 Å². The number of nitrogens with one attached hydrogen (secondary N) is 1. The minimum absolute atomic E-state index is 0.677. The molecule has 146 valence electrons. The molecule has 5 rings (SSSR count). The van der Waals surface area contributed by atoms with Gasteiger partial charge in [-0.2, -0.15) is 15.1 Å². The highest BCUT2D eigenvalue weighted by molar-refractivity contribution is 6.30. The molecule has 6 nitrogen and oxygen atoms in total. The average Bonchev–Trinajstić information content (AvgIpc) is 3.19. The van der Waals surface area contributed by atoms with Gasteiger partial charge in [-0.15, -0.1) is 0 Å². The minimum atomic E-state index is 0.677. The summed E-state index contributed by atoms with van der Waals surface area (Å²) >= 11 is 6.17. The van der Waals surface area contributed by atoms with E-state index in [1.165, 1.54) is 6.42 Å². The molecule has 1 saturated heterocycles. The summed E-state index contributed by atoms with van der Waals surface area (Å²) in [4.78, 5) is 12.0. The zero-order chi connectivity index (χ0) is 19.6. The zero-order valence-corrected chi connectivity index (χ0v) is 16.7. The van der Waals surface area contributed by atoms with E-state index >= 15 is 0 Å². The Morgan fingerprint density at radius 3 is 2.52 bits per heavy atom. The van der Waals surface area contributed by atoms with Gasteiger partial charge < -0.3 is 10.2 Å². The SMILES string of the molecule is Clc1cccc(Nc2nc(N3CCCCC3)nc3c2cnn3-c2ccccc2)c1. The molecule has 0 bridgehead atoms. The Hall–Kier alpha value is -3.12. The largest absolute Gasteiger partial charge is 0.341 e. The lowest BCUT2D eigenvalue weighted by atomic mass is 10.1. The Bertz CT molecular complexity index is 1130. The first-order chi connectivity index (χ1) is 14.3. The van der Waals surface area contributed by atoms with Gasteiger partial charge in [0.05, 0.1) is 17.3 Å². The predicted molar refractivity (Wildman–Crippen MR) is 117 cm³/mol. The number of halogens is 1. The van der Waals surface area contributed by atoms with Crippen molar-refractivity contribution >= 4 is 40.1 Å². The smallest absolute Gasteiger partial charge is 0.229 e. The number of hydrogen-bond acceptors (Lipinski definition) is 5. The summed E-state index contributed by atoms with van der Waals surface area (Å²) in [6.07, 6.45) is 5.40. The Morgan fingerprint density at radius 2 is 1.72 bits per heavy atom. The van der Waals surface area contributed by atoms with Crippen LogP contribution in [0.15, 0.2) is 60.8 Å². The molecule has 2 aromatic carbocycles. The second kappa shape index (κ2) is 7.72. The Balaban J connectivity index is 1.65. The summed E-state index contributed by atoms with van der Waals surface area (Å²) in [5.74, 6) is 1.47. The number of piperidine rings is 1. The van der Waals surface area contributed by atoms with Crippen LogP contribution in [0.3, 0.4) is 0 Å². The molecule has 0 radical (unpaired) electrons. The molecule has 0 unspecified atom stereocenters. The molecule has 3 heterocycles. The lowest BCUT2D eigenvalue weighted by molar-refractivity contribution is 0.569. The molecule has 0 saturated carbocycles. The molecule has 4 aromatic rings. The molecule has 29 heavy (non-hydrogen) atoms. The number of nitrogens with zero attached hydrogens (tertiary/aromatic N) is 5. The van der Waals surface area contributed by atoms with Crippen LogP contribution in [-0.2, 0) is 0 Å². The van der Waals surface area contributed by atoms with E-state index in [1.807, 2.05) is 65.5 Å². The van der Waals surface area contributed by atoms with Crippen molar-refractivity contribution in [1.29, 1.82) is 0 Å². The number of aromatic nitrogens is 4. The third kappa shape index (κ3) is 3.63. The monoisotopic (exact) mass is 404 g/mol. The summed E-state index contributed by atoms with van der Waals surface area (Å²) in [5.41, 5.74) is 2.64. The summed E-state index contributed by atoms with van der Waals surface area (Å²) in [7, 11) is 0. The van der Waals surface area contributed by atoms with Crippen LogP contribution in [0.25, 0.3) is 16.7 Å². The van der Waals surface area contributed by atoms with Crippen molar-refractivity contribution in [2.75, 3.05) is 23.3 Å². The number of anilines is 3. The second-order valence-electron chi connectivity index (χ2n) is 7.18. The van der Waals surface area contributed by atoms with Crippen LogP contribution in [-0.4, -0.2) is 32.8 Å². The fourth-order valence-electron chi connectivity index (χ4n) is 3.69. The van der Waals surface area contributed by atoms with Crippen molar-refractivity contribution in [3.8, 4) is 5.69 Å². The summed E-state index contributed by atoms with van der Waals surface area (Å²) in [5, 5.41) is 9.57. The third-order valence-electron chi connectivity index (χ3n) is 5.14. The van der Waals surface area contributed by atoms with Crippen molar-refractivity contribution in [3.05, 3.63) is 65.8 Å². The van der Waals surface area contributed by atoms with E-state index in [-0.39, 0.29) is 0 Å². The van der Waals surface area contributed by atoms with Crippen molar-refractivity contribution in [2.45, 2.75) is 19.3 Å². The molecule has 7 heteroatoms. The van der Waals surface area contributed by atoms with Gasteiger partial charge >= 0.3 is 0 Å². The highest BCUT2D eigenvalue weighted by Crippen LogP contribution is 2.29. The Kier molecular flexibility index (Phi) is 4.77. The number of hydrogen-bond donors (Lipinski definition) is 1. The van der Waals surface area contributed by atoms with E-state index in [4.69, 9.17) is 21.6 Å². The van der Waals surface area contributed by atoms with Gasteiger partial charge in [-0.3, -0.25) is 0 Å². The zero-order valence-electron chi connectivity index (χ0n) is 15.9. The van der Waals surface area contributed by atoms with Crippen LogP contribution in [0.2, 0.25) is 5.02 Å². The van der Waals surface area contributed by atoms with Crippen LogP contribution >= 0.6 is 11.6 Å². The minimum Gasteiger partial charge on any atom is -0.341 e. The molecular weight excluding hydrogens is 384 g/mol. The molecule has 1 fully saturated rings. The van der Waals surface area contributed by atoms with E-state index in [0.717, 1.165) is 60.1 Å². The van der Waals surface area contributed by atoms with E-state index in [1.54, 1.807) is 0 Å². The summed E-state index contributed by atoms with van der Waals surface area (Å²) in [6.45, 7) is 1.95. The molecular formula is C22H21ClN6. The van der Waals surface area contributed by atoms with Gasteiger partial charge in [0.15, 0.2) is 5.65 Å². The Labute approximate surface area is 174 Å². The quantitative estimate of drug-likeness (QED) is 0.506. The van der Waals surface area contributed by atoms with Gasteiger partial charge in [0.25, 0.3) is 0 Å². The standard InChI is InChI=1S/C22H21ClN6/c23-16-8-7-9-17(14-16)25-20-19-15-24-29(18-10-3-1-4-11-18)21(19)27-22(26-20)28-12-5-2-6-13-28/h1,3-4,7-11,14-15H,2,5-6,12-13H2,(H,25,26,27). The summed E-state index contributed by atoms with van der Waals surface area (Å²) in [6, 6.07) is 17.7. The number of rotatable bonds is 4. The number of para-hydroxylation sites is 1. The van der Waals surface area contributed by atoms with Crippen LogP contribution in [0, 0.1) is 0 Å². The topological polar surface area (TPSA) is 58.9 Å². The highest BCUT2D eigenvalue weighted by atomic mass is 35.5. The average molecular weight is 405 g/mol. The van der Waals surface area contributed by atoms with Crippen LogP contribution in [0.4, 0.5) is 17.5 Å². The predicted octanol–water partition coefficient (Wildman–Crippen LogP) is 5.20. The van der Waals surface area contributed by atoms with E-state index in [2.05, 4.69) is 15.3 Å². The number of fused-ring (bicyclic) bond motifs is 1. The maximum Gasteiger partial charge on any atom is 0.229 e.